The molecule has 3 saturated heterocycles. The number of carbonyl (C=O) groups excluding carboxylic acids is 1. The van der Waals surface area contributed by atoms with Crippen molar-refractivity contribution >= 4 is 30.8 Å². The minimum atomic E-state index is -0.588. The molecule has 148 valence electrons. The van der Waals surface area contributed by atoms with Crippen molar-refractivity contribution in [2.24, 2.45) is 0 Å². The van der Waals surface area contributed by atoms with Crippen molar-refractivity contribution in [3.63, 3.8) is 0 Å². The second kappa shape index (κ2) is 11.4. The Morgan fingerprint density at radius 1 is 1.20 bits per heavy atom. The van der Waals surface area contributed by atoms with Gasteiger partial charge in [0.25, 0.3) is 0 Å². The molecule has 3 aliphatic rings. The molecule has 8 nitrogen and oxygen atoms in total. The summed E-state index contributed by atoms with van der Waals surface area (Å²) >= 11 is 0. The average Bonchev–Trinajstić information content (AvgIpc) is 2.94. The molecule has 0 saturated carbocycles. The van der Waals surface area contributed by atoms with Crippen molar-refractivity contribution in [1.82, 2.24) is 20.9 Å². The summed E-state index contributed by atoms with van der Waals surface area (Å²) in [6.45, 7) is 5.24. The van der Waals surface area contributed by atoms with E-state index in [1.54, 1.807) is 4.90 Å². The highest BCUT2D eigenvalue weighted by Gasteiger charge is 2.37. The maximum absolute atomic E-state index is 12.1. The van der Waals surface area contributed by atoms with Crippen LogP contribution in [0.2, 0.25) is 0 Å². The molecule has 0 aliphatic carbocycles. The summed E-state index contributed by atoms with van der Waals surface area (Å²) in [5.74, 6) is 0. The number of amides is 2. The number of nitrogens with one attached hydrogen (secondary N) is 3. The fourth-order valence-corrected chi connectivity index (χ4v) is 3.37. The van der Waals surface area contributed by atoms with E-state index in [0.29, 0.717) is 45.5 Å². The lowest BCUT2D eigenvalue weighted by Crippen LogP contribution is -2.52. The predicted octanol–water partition coefficient (Wildman–Crippen LogP) is -0.658. The minimum Gasteiger partial charge on any atom is -0.389 e. The topological polar surface area (TPSA) is 95.1 Å². The lowest BCUT2D eigenvalue weighted by atomic mass is 10.0. The summed E-state index contributed by atoms with van der Waals surface area (Å²) in [5.41, 5.74) is 0. The van der Waals surface area contributed by atoms with E-state index in [4.69, 9.17) is 9.47 Å². The molecule has 0 bridgehead atoms. The van der Waals surface area contributed by atoms with Crippen LogP contribution in [0.3, 0.4) is 0 Å². The van der Waals surface area contributed by atoms with E-state index in [1.165, 1.54) is 0 Å². The molecule has 0 aromatic rings. The van der Waals surface area contributed by atoms with Gasteiger partial charge in [-0.25, -0.2) is 4.79 Å². The molecule has 3 atom stereocenters. The normalized spacial score (nSPS) is 30.3. The summed E-state index contributed by atoms with van der Waals surface area (Å²) in [7, 11) is 0. The molecule has 0 aromatic carbocycles. The Kier molecular flexibility index (Phi) is 10.3. The van der Waals surface area contributed by atoms with Gasteiger partial charge in [-0.1, -0.05) is 0 Å². The third kappa shape index (κ3) is 6.39. The number of morpholine rings is 1. The smallest absolute Gasteiger partial charge is 0.317 e. The first-order valence-electron chi connectivity index (χ1n) is 8.61. The molecule has 10 heteroatoms. The Balaban J connectivity index is 0.00000156. The average molecular weight is 401 g/mol. The van der Waals surface area contributed by atoms with E-state index < -0.39 is 6.10 Å². The van der Waals surface area contributed by atoms with Gasteiger partial charge in [0.2, 0.25) is 0 Å². The second-order valence-electron chi connectivity index (χ2n) is 6.45. The van der Waals surface area contributed by atoms with Gasteiger partial charge in [0.15, 0.2) is 0 Å². The van der Waals surface area contributed by atoms with E-state index in [0.717, 1.165) is 25.9 Å². The van der Waals surface area contributed by atoms with Crippen molar-refractivity contribution in [3.05, 3.63) is 0 Å². The maximum atomic E-state index is 12.1. The lowest BCUT2D eigenvalue weighted by Gasteiger charge is -2.29. The van der Waals surface area contributed by atoms with Gasteiger partial charge in [0.1, 0.15) is 6.10 Å². The van der Waals surface area contributed by atoms with Gasteiger partial charge in [0, 0.05) is 25.7 Å². The molecule has 0 spiro atoms. The van der Waals surface area contributed by atoms with Crippen LogP contribution < -0.4 is 16.0 Å². The number of hydrogen-bond donors (Lipinski definition) is 4. The first-order chi connectivity index (χ1) is 11.2. The van der Waals surface area contributed by atoms with Gasteiger partial charge >= 0.3 is 6.03 Å². The zero-order valence-corrected chi connectivity index (χ0v) is 15.9. The number of piperidine rings is 1. The van der Waals surface area contributed by atoms with Gasteiger partial charge < -0.3 is 35.4 Å². The molecule has 3 fully saturated rings. The molecular formula is C15H30Cl2N4O4. The molecule has 25 heavy (non-hydrogen) atoms. The molecule has 4 N–H and O–H groups in total. The number of aliphatic hydroxyl groups excluding tert-OH is 1. The quantitative estimate of drug-likeness (QED) is 0.500. The zero-order chi connectivity index (χ0) is 16.1. The van der Waals surface area contributed by atoms with E-state index in [2.05, 4.69) is 16.0 Å². The highest BCUT2D eigenvalue weighted by Crippen LogP contribution is 2.16. The Morgan fingerprint density at radius 3 is 2.56 bits per heavy atom. The number of nitrogens with zero attached hydrogens (tertiary/aromatic N) is 1. The van der Waals surface area contributed by atoms with Crippen LogP contribution in [0.4, 0.5) is 4.79 Å². The van der Waals surface area contributed by atoms with Crippen molar-refractivity contribution in [3.8, 4) is 0 Å². The van der Waals surface area contributed by atoms with Crippen molar-refractivity contribution in [2.75, 3.05) is 52.5 Å². The lowest BCUT2D eigenvalue weighted by molar-refractivity contribution is 0.0357. The van der Waals surface area contributed by atoms with Crippen molar-refractivity contribution in [2.45, 2.75) is 37.1 Å². The number of aliphatic hydroxyl groups is 1. The van der Waals surface area contributed by atoms with Crippen molar-refractivity contribution < 1.29 is 19.4 Å². The number of carbonyl (C=O) groups is 1. The van der Waals surface area contributed by atoms with Crippen LogP contribution in [-0.2, 0) is 9.47 Å². The third-order valence-corrected chi connectivity index (χ3v) is 4.82. The zero-order valence-electron chi connectivity index (χ0n) is 14.3. The largest absolute Gasteiger partial charge is 0.389 e. The fourth-order valence-electron chi connectivity index (χ4n) is 3.37. The first kappa shape index (κ1) is 22.7. The second-order valence-corrected chi connectivity index (χ2v) is 6.45. The monoisotopic (exact) mass is 400 g/mol. The number of hydrogen-bond acceptors (Lipinski definition) is 6. The number of halogens is 2. The van der Waals surface area contributed by atoms with E-state index in [9.17, 15) is 9.90 Å². The van der Waals surface area contributed by atoms with Crippen LogP contribution in [0.25, 0.3) is 0 Å². The Morgan fingerprint density at radius 2 is 1.88 bits per heavy atom. The van der Waals surface area contributed by atoms with Gasteiger partial charge in [-0.2, -0.15) is 0 Å². The highest BCUT2D eigenvalue weighted by atomic mass is 35.5. The van der Waals surface area contributed by atoms with Crippen LogP contribution in [0.5, 0.6) is 0 Å². The molecule has 3 rings (SSSR count). The summed E-state index contributed by atoms with van der Waals surface area (Å²) in [4.78, 5) is 13.8. The van der Waals surface area contributed by atoms with Gasteiger partial charge in [-0.15, -0.1) is 24.8 Å². The van der Waals surface area contributed by atoms with Crippen LogP contribution in [0.1, 0.15) is 12.8 Å². The van der Waals surface area contributed by atoms with Gasteiger partial charge in [-0.05, 0) is 25.9 Å². The van der Waals surface area contributed by atoms with E-state index in [1.807, 2.05) is 0 Å². The molecular weight excluding hydrogens is 371 g/mol. The summed E-state index contributed by atoms with van der Waals surface area (Å²) < 4.78 is 10.9. The van der Waals surface area contributed by atoms with Crippen molar-refractivity contribution in [1.29, 1.82) is 0 Å². The first-order valence-corrected chi connectivity index (χ1v) is 8.61. The van der Waals surface area contributed by atoms with Crippen LogP contribution >= 0.6 is 24.8 Å². The third-order valence-electron chi connectivity index (χ3n) is 4.82. The van der Waals surface area contributed by atoms with E-state index in [-0.39, 0.29) is 43.0 Å². The van der Waals surface area contributed by atoms with Crippen LogP contribution in [0, 0.1) is 0 Å². The van der Waals surface area contributed by atoms with Crippen LogP contribution in [-0.4, -0.2) is 92.9 Å². The number of rotatable bonds is 4. The molecule has 3 heterocycles. The highest BCUT2D eigenvalue weighted by molar-refractivity contribution is 5.85. The molecule has 2 amide bonds. The molecule has 3 aliphatic heterocycles. The fraction of sp³-hybridized carbons (Fsp3) is 0.933. The standard InChI is InChI=1S/C15H28N4O4.2ClH/c20-14-12(18-11-1-3-16-4-2-11)10-23-13(14)9-17-15(21)19-5-7-22-8-6-19;;/h11-14,16,18,20H,1-10H2,(H,17,21);2*1H/t12-,13-,14+;;/m1../s1. The molecule has 0 radical (unpaired) electrons. The predicted molar refractivity (Wildman–Crippen MR) is 98.8 cm³/mol. The summed E-state index contributed by atoms with van der Waals surface area (Å²) in [6, 6.07) is 0.267. The Hall–Kier alpha value is -0.350. The number of ether oxygens (including phenoxy) is 2. The Labute approximate surface area is 161 Å². The van der Waals surface area contributed by atoms with Gasteiger partial charge in [0.05, 0.1) is 32.0 Å². The minimum absolute atomic E-state index is 0. The van der Waals surface area contributed by atoms with Gasteiger partial charge in [-0.3, -0.25) is 0 Å². The van der Waals surface area contributed by atoms with Crippen LogP contribution in [0.15, 0.2) is 0 Å². The molecule has 0 unspecified atom stereocenters. The number of urea groups is 1. The maximum Gasteiger partial charge on any atom is 0.317 e. The Bertz CT molecular complexity index is 396. The van der Waals surface area contributed by atoms with E-state index >= 15 is 0 Å². The molecule has 0 aromatic heterocycles. The SMILES string of the molecule is Cl.Cl.O=C(NC[C@H]1OC[C@@H](NC2CCNCC2)[C@@H]1O)N1CCOCC1. The summed E-state index contributed by atoms with van der Waals surface area (Å²) in [6.07, 6.45) is 1.21. The summed E-state index contributed by atoms with van der Waals surface area (Å²) in [5, 5.41) is 20.1.